The van der Waals surface area contributed by atoms with E-state index in [0.29, 0.717) is 37.0 Å². The molecule has 0 unspecified atom stereocenters. The summed E-state index contributed by atoms with van der Waals surface area (Å²) < 4.78 is 11.4. The van der Waals surface area contributed by atoms with Gasteiger partial charge in [0.1, 0.15) is 24.1 Å². The zero-order chi connectivity index (χ0) is 16.8. The highest BCUT2D eigenvalue weighted by Crippen LogP contribution is 2.35. The highest BCUT2D eigenvalue weighted by Gasteiger charge is 2.37. The smallest absolute Gasteiger partial charge is 0.303 e. The number of aliphatic hydroxyl groups excluding tert-OH is 1. The molecule has 23 heavy (non-hydrogen) atoms. The van der Waals surface area contributed by atoms with Crippen LogP contribution >= 0.6 is 0 Å². The highest BCUT2D eigenvalue weighted by atomic mass is 16.6. The van der Waals surface area contributed by atoms with Crippen LogP contribution in [0.15, 0.2) is 11.3 Å². The van der Waals surface area contributed by atoms with E-state index in [1.54, 1.807) is 0 Å². The van der Waals surface area contributed by atoms with Crippen molar-refractivity contribution in [2.45, 2.75) is 89.9 Å². The zero-order valence-corrected chi connectivity index (χ0v) is 14.2. The maximum Gasteiger partial charge on any atom is 0.303 e. The number of rotatable bonds is 7. The first-order chi connectivity index (χ1) is 11.0. The summed E-state index contributed by atoms with van der Waals surface area (Å²) in [6, 6.07) is 0. The van der Waals surface area contributed by atoms with Gasteiger partial charge in [-0.1, -0.05) is 26.2 Å². The number of ether oxygens (including phenoxy) is 2. The third-order valence-corrected chi connectivity index (χ3v) is 4.61. The fourth-order valence-electron chi connectivity index (χ4n) is 3.38. The van der Waals surface area contributed by atoms with Gasteiger partial charge in [0.05, 0.1) is 0 Å². The second-order valence-electron chi connectivity index (χ2n) is 6.51. The number of Topliss-reactive ketones (excluding diaryl/α,β-unsaturated/α-hetero) is 1. The van der Waals surface area contributed by atoms with Gasteiger partial charge in [-0.15, -0.1) is 0 Å². The van der Waals surface area contributed by atoms with E-state index >= 15 is 0 Å². The fraction of sp³-hybridized carbons (Fsp3) is 0.778. The van der Waals surface area contributed by atoms with E-state index in [1.165, 1.54) is 13.3 Å². The Balaban J connectivity index is 2.02. The molecule has 0 spiro atoms. The molecule has 5 nitrogen and oxygen atoms in total. The van der Waals surface area contributed by atoms with Crippen molar-refractivity contribution in [3.05, 3.63) is 11.3 Å². The van der Waals surface area contributed by atoms with Gasteiger partial charge < -0.3 is 14.6 Å². The number of aliphatic hydroxyl groups is 1. The molecule has 0 aromatic heterocycles. The molecule has 0 aromatic carbocycles. The molecular weight excluding hydrogens is 296 g/mol. The van der Waals surface area contributed by atoms with Gasteiger partial charge >= 0.3 is 5.97 Å². The van der Waals surface area contributed by atoms with Crippen molar-refractivity contribution in [3.8, 4) is 0 Å². The summed E-state index contributed by atoms with van der Waals surface area (Å²) >= 11 is 0. The quantitative estimate of drug-likeness (QED) is 0.575. The molecule has 5 heteroatoms. The van der Waals surface area contributed by atoms with Crippen molar-refractivity contribution in [2.24, 2.45) is 0 Å². The topological polar surface area (TPSA) is 72.8 Å². The van der Waals surface area contributed by atoms with Gasteiger partial charge in [-0.2, -0.15) is 0 Å². The Bertz CT molecular complexity index is 468. The third-order valence-electron chi connectivity index (χ3n) is 4.61. The van der Waals surface area contributed by atoms with Crippen LogP contribution in [-0.4, -0.2) is 35.2 Å². The van der Waals surface area contributed by atoms with Gasteiger partial charge in [0, 0.05) is 18.9 Å². The molecule has 130 valence electrons. The van der Waals surface area contributed by atoms with Gasteiger partial charge in [-0.3, -0.25) is 9.59 Å². The Morgan fingerprint density at radius 3 is 2.78 bits per heavy atom. The molecule has 1 N–H and O–H groups in total. The molecule has 0 saturated heterocycles. The minimum Gasteiger partial charge on any atom is -0.488 e. The van der Waals surface area contributed by atoms with E-state index < -0.39 is 6.10 Å². The molecule has 1 heterocycles. The summed E-state index contributed by atoms with van der Waals surface area (Å²) in [5.74, 6) is 0.188. The summed E-state index contributed by atoms with van der Waals surface area (Å²) in [4.78, 5) is 23.3. The number of hydrogen-bond donors (Lipinski definition) is 1. The van der Waals surface area contributed by atoms with Crippen LogP contribution in [0.3, 0.4) is 0 Å². The van der Waals surface area contributed by atoms with E-state index in [9.17, 15) is 14.7 Å². The first-order valence-electron chi connectivity index (χ1n) is 8.81. The maximum atomic E-state index is 11.9. The second kappa shape index (κ2) is 8.48. The number of carbonyl (C=O) groups excluding carboxylic acids is 2. The van der Waals surface area contributed by atoms with Gasteiger partial charge in [0.2, 0.25) is 0 Å². The van der Waals surface area contributed by atoms with Crippen molar-refractivity contribution in [1.82, 2.24) is 0 Å². The SMILES string of the molecule is CCCCCC[C@H](OC(C)=O)[C@@H]1CCC2=C(O1)[C@H](O)CCC2=O. The van der Waals surface area contributed by atoms with Crippen LogP contribution in [0.1, 0.15) is 71.6 Å². The minimum absolute atomic E-state index is 0.0794. The Hall–Kier alpha value is -1.36. The lowest BCUT2D eigenvalue weighted by atomic mass is 9.87. The van der Waals surface area contributed by atoms with Gasteiger partial charge in [-0.25, -0.2) is 0 Å². The Kier molecular flexibility index (Phi) is 6.63. The molecule has 3 atom stereocenters. The van der Waals surface area contributed by atoms with Crippen molar-refractivity contribution < 1.29 is 24.2 Å². The van der Waals surface area contributed by atoms with Crippen LogP contribution < -0.4 is 0 Å². The lowest BCUT2D eigenvalue weighted by Gasteiger charge is -2.36. The second-order valence-corrected chi connectivity index (χ2v) is 6.51. The summed E-state index contributed by atoms with van der Waals surface area (Å²) in [7, 11) is 0. The average molecular weight is 324 g/mol. The molecular formula is C18H28O5. The Morgan fingerprint density at radius 1 is 1.30 bits per heavy atom. The average Bonchev–Trinajstić information content (AvgIpc) is 2.53. The maximum absolute atomic E-state index is 11.9. The molecule has 0 aromatic rings. The normalized spacial score (nSPS) is 25.6. The van der Waals surface area contributed by atoms with Crippen LogP contribution in [0, 0.1) is 0 Å². The first-order valence-corrected chi connectivity index (χ1v) is 8.81. The summed E-state index contributed by atoms with van der Waals surface area (Å²) in [5.41, 5.74) is 0.632. The van der Waals surface area contributed by atoms with E-state index in [4.69, 9.17) is 9.47 Å². The van der Waals surface area contributed by atoms with E-state index in [0.717, 1.165) is 25.7 Å². The predicted octanol–water partition coefficient (Wildman–Crippen LogP) is 3.05. The molecule has 0 radical (unpaired) electrons. The first kappa shape index (κ1) is 18.0. The largest absolute Gasteiger partial charge is 0.488 e. The van der Waals surface area contributed by atoms with Crippen molar-refractivity contribution in [1.29, 1.82) is 0 Å². The number of unbranched alkanes of at least 4 members (excludes halogenated alkanes) is 3. The van der Waals surface area contributed by atoms with Gasteiger partial charge in [-0.05, 0) is 32.1 Å². The van der Waals surface area contributed by atoms with E-state index in [1.807, 2.05) is 0 Å². The predicted molar refractivity (Wildman–Crippen MR) is 85.7 cm³/mol. The number of allylic oxidation sites excluding steroid dienone is 1. The number of ketones is 1. The molecule has 0 fully saturated rings. The lowest BCUT2D eigenvalue weighted by molar-refractivity contribution is -0.156. The standard InChI is InChI=1S/C18H28O5/c1-3-4-5-6-7-16(22-12(2)19)17-11-8-13-14(20)9-10-15(21)18(13)23-17/h15-17,21H,3-11H2,1-2H3/t15-,16+,17+/m1/s1. The molecule has 0 saturated carbocycles. The molecule has 0 bridgehead atoms. The van der Waals surface area contributed by atoms with Gasteiger partial charge in [0.15, 0.2) is 5.78 Å². The van der Waals surface area contributed by atoms with Crippen molar-refractivity contribution in [2.75, 3.05) is 0 Å². The minimum atomic E-state index is -0.705. The summed E-state index contributed by atoms with van der Waals surface area (Å²) in [6.07, 6.45) is 5.96. The van der Waals surface area contributed by atoms with Crippen LogP contribution in [0.5, 0.6) is 0 Å². The number of esters is 1. The number of carbonyl (C=O) groups is 2. The highest BCUT2D eigenvalue weighted by molar-refractivity contribution is 5.97. The van der Waals surface area contributed by atoms with E-state index in [2.05, 4.69) is 6.92 Å². The van der Waals surface area contributed by atoms with Crippen LogP contribution in [0.2, 0.25) is 0 Å². The molecule has 2 aliphatic rings. The third kappa shape index (κ3) is 4.80. The Morgan fingerprint density at radius 2 is 2.09 bits per heavy atom. The molecule has 0 amide bonds. The lowest BCUT2D eigenvalue weighted by Crippen LogP contribution is -2.39. The zero-order valence-electron chi connectivity index (χ0n) is 14.2. The van der Waals surface area contributed by atoms with Crippen LogP contribution in [0.25, 0.3) is 0 Å². The monoisotopic (exact) mass is 324 g/mol. The molecule has 2 rings (SSSR count). The van der Waals surface area contributed by atoms with Crippen molar-refractivity contribution in [3.63, 3.8) is 0 Å². The summed E-state index contributed by atoms with van der Waals surface area (Å²) in [6.45, 7) is 3.56. The molecule has 1 aliphatic heterocycles. The van der Waals surface area contributed by atoms with Crippen LogP contribution in [-0.2, 0) is 19.1 Å². The van der Waals surface area contributed by atoms with E-state index in [-0.39, 0.29) is 24.0 Å². The van der Waals surface area contributed by atoms with Crippen molar-refractivity contribution >= 4 is 11.8 Å². The number of hydrogen-bond acceptors (Lipinski definition) is 5. The van der Waals surface area contributed by atoms with Crippen LogP contribution in [0.4, 0.5) is 0 Å². The van der Waals surface area contributed by atoms with Gasteiger partial charge in [0.25, 0.3) is 0 Å². The summed E-state index contributed by atoms with van der Waals surface area (Å²) in [5, 5.41) is 10.1. The fourth-order valence-corrected chi connectivity index (χ4v) is 3.38. The molecule has 1 aliphatic carbocycles. The Labute approximate surface area is 138 Å².